The first-order chi connectivity index (χ1) is 16.6. The van der Waals surface area contributed by atoms with Crippen LogP contribution in [0.3, 0.4) is 0 Å². The van der Waals surface area contributed by atoms with E-state index < -0.39 is 39.7 Å². The Kier molecular flexibility index (Phi) is 6.09. The van der Waals surface area contributed by atoms with Crippen molar-refractivity contribution in [1.82, 2.24) is 0 Å². The van der Waals surface area contributed by atoms with Gasteiger partial charge in [-0.3, -0.25) is 19.2 Å². The molecule has 196 valence electrons. The number of carbonyl (C=O) groups is 4. The fraction of sp³-hybridized carbons (Fsp3) is 0.667. The molecule has 6 heteroatoms. The largest absolute Gasteiger partial charge is 0.462 e. The number of Topliss-reactive ketones (excluding diaryl/α,β-unsaturated/α-hetero) is 2. The maximum atomic E-state index is 14.4. The van der Waals surface area contributed by atoms with Crippen molar-refractivity contribution in [1.29, 1.82) is 0 Å². The molecule has 0 amide bonds. The summed E-state index contributed by atoms with van der Waals surface area (Å²) in [6.07, 6.45) is 4.56. The summed E-state index contributed by atoms with van der Waals surface area (Å²) >= 11 is 0. The summed E-state index contributed by atoms with van der Waals surface area (Å²) in [6.45, 7) is 18.9. The van der Waals surface area contributed by atoms with Gasteiger partial charge in [0, 0.05) is 47.7 Å². The quantitative estimate of drug-likeness (QED) is 0.369. The molecule has 0 aromatic heterocycles. The molecule has 4 rings (SSSR count). The number of ketones is 2. The zero-order valence-electron chi connectivity index (χ0n) is 23.0. The van der Waals surface area contributed by atoms with Crippen LogP contribution in [0.1, 0.15) is 87.5 Å². The number of carbonyl (C=O) groups excluding carboxylic acids is 4. The number of fused-ring (bicyclic) bond motifs is 4. The highest BCUT2D eigenvalue weighted by atomic mass is 16.5. The van der Waals surface area contributed by atoms with Gasteiger partial charge < -0.3 is 9.47 Å². The molecule has 2 saturated carbocycles. The molecule has 0 aliphatic heterocycles. The predicted molar refractivity (Wildman–Crippen MR) is 135 cm³/mol. The van der Waals surface area contributed by atoms with E-state index in [2.05, 4.69) is 27.4 Å². The average Bonchev–Trinajstić information content (AvgIpc) is 3.02. The van der Waals surface area contributed by atoms with E-state index in [1.807, 2.05) is 26.8 Å². The van der Waals surface area contributed by atoms with Crippen LogP contribution in [0.15, 0.2) is 35.1 Å². The number of esters is 2. The first-order valence-corrected chi connectivity index (χ1v) is 13.1. The zero-order valence-corrected chi connectivity index (χ0v) is 23.0. The fourth-order valence-electron chi connectivity index (χ4n) is 8.43. The third-order valence-electron chi connectivity index (χ3n) is 10.3. The van der Waals surface area contributed by atoms with Gasteiger partial charge in [-0.1, -0.05) is 47.6 Å². The van der Waals surface area contributed by atoms with Crippen molar-refractivity contribution in [3.63, 3.8) is 0 Å². The van der Waals surface area contributed by atoms with Crippen LogP contribution in [0.4, 0.5) is 0 Å². The topological polar surface area (TPSA) is 86.7 Å². The number of ether oxygens (including phenoxy) is 2. The van der Waals surface area contributed by atoms with Gasteiger partial charge in [-0.15, -0.1) is 6.58 Å². The molecule has 0 saturated heterocycles. The second kappa shape index (κ2) is 8.26. The molecule has 4 aliphatic rings. The monoisotopic (exact) mass is 496 g/mol. The summed E-state index contributed by atoms with van der Waals surface area (Å²) in [4.78, 5) is 52.7. The van der Waals surface area contributed by atoms with Crippen molar-refractivity contribution in [2.75, 3.05) is 0 Å². The smallest absolute Gasteiger partial charge is 0.308 e. The van der Waals surface area contributed by atoms with Gasteiger partial charge in [0.25, 0.3) is 0 Å². The third-order valence-corrected chi connectivity index (χ3v) is 10.3. The summed E-state index contributed by atoms with van der Waals surface area (Å²) in [5, 5.41) is 0. The second-order valence-corrected chi connectivity index (χ2v) is 12.7. The second-order valence-electron chi connectivity index (χ2n) is 12.7. The van der Waals surface area contributed by atoms with Gasteiger partial charge in [0.15, 0.2) is 11.5 Å². The van der Waals surface area contributed by atoms with E-state index in [1.54, 1.807) is 0 Å². The van der Waals surface area contributed by atoms with Crippen LogP contribution < -0.4 is 0 Å². The Morgan fingerprint density at radius 1 is 1.00 bits per heavy atom. The Morgan fingerprint density at radius 2 is 1.64 bits per heavy atom. The van der Waals surface area contributed by atoms with E-state index >= 15 is 0 Å². The molecular formula is C30H40O6. The van der Waals surface area contributed by atoms with E-state index in [0.717, 1.165) is 12.8 Å². The normalized spacial score (nSPS) is 38.1. The molecule has 0 bridgehead atoms. The molecule has 0 N–H and O–H groups in total. The molecule has 6 atom stereocenters. The van der Waals surface area contributed by atoms with Crippen molar-refractivity contribution in [2.24, 2.45) is 33.5 Å². The van der Waals surface area contributed by atoms with Gasteiger partial charge in [-0.2, -0.15) is 0 Å². The standard InChI is InChI=1S/C30H40O6/c1-10-16(2)19-11-14-29(8)23-22(20(33)15-30(19,29)9)28(7)13-12-21(35-17(3)31)27(5,6)26(28)25(24(23)34)36-18(4)32/h10,16,19,21H,1,11-15H2,2-9H3/t16-,19-,21+,28-,29+,30+/m0/s1. The molecule has 0 spiro atoms. The summed E-state index contributed by atoms with van der Waals surface area (Å²) in [5.74, 6) is -0.899. The summed E-state index contributed by atoms with van der Waals surface area (Å²) in [6, 6.07) is 0. The maximum absolute atomic E-state index is 14.4. The minimum Gasteiger partial charge on any atom is -0.462 e. The van der Waals surface area contributed by atoms with Crippen LogP contribution in [0.25, 0.3) is 0 Å². The minimum absolute atomic E-state index is 0.00472. The van der Waals surface area contributed by atoms with E-state index in [0.29, 0.717) is 36.0 Å². The van der Waals surface area contributed by atoms with E-state index in [9.17, 15) is 19.2 Å². The zero-order chi connectivity index (χ0) is 27.0. The lowest BCUT2D eigenvalue weighted by molar-refractivity contribution is -0.155. The molecule has 0 aromatic rings. The Morgan fingerprint density at radius 3 is 2.19 bits per heavy atom. The van der Waals surface area contributed by atoms with Crippen LogP contribution in [0.5, 0.6) is 0 Å². The Balaban J connectivity index is 1.98. The van der Waals surface area contributed by atoms with Crippen molar-refractivity contribution in [3.05, 3.63) is 35.1 Å². The lowest BCUT2D eigenvalue weighted by atomic mass is 9.45. The highest BCUT2D eigenvalue weighted by molar-refractivity contribution is 6.18. The van der Waals surface area contributed by atoms with Gasteiger partial charge >= 0.3 is 11.9 Å². The summed E-state index contributed by atoms with van der Waals surface area (Å²) < 4.78 is 11.4. The Hall–Kier alpha value is -2.50. The first-order valence-electron chi connectivity index (χ1n) is 13.1. The highest BCUT2D eigenvalue weighted by Gasteiger charge is 2.67. The molecule has 6 nitrogen and oxygen atoms in total. The lowest BCUT2D eigenvalue weighted by Crippen LogP contribution is -2.56. The minimum atomic E-state index is -0.810. The van der Waals surface area contributed by atoms with E-state index in [1.165, 1.54) is 13.8 Å². The number of allylic oxidation sites excluding steroid dienone is 3. The molecule has 0 unspecified atom stereocenters. The van der Waals surface area contributed by atoms with Gasteiger partial charge in [0.2, 0.25) is 5.78 Å². The SMILES string of the molecule is C=C[C@H](C)[C@@H]1CC[C@]2(C)C3=C(C(=O)C[C@]12C)[C@]1(C)CC[C@@H](OC(C)=O)C(C)(C)C1=C(OC(C)=O)C3=O. The molecule has 2 fully saturated rings. The average molecular weight is 497 g/mol. The molecular weight excluding hydrogens is 456 g/mol. The molecule has 0 radical (unpaired) electrons. The predicted octanol–water partition coefficient (Wildman–Crippen LogP) is 5.66. The van der Waals surface area contributed by atoms with Crippen LogP contribution in [-0.4, -0.2) is 29.6 Å². The van der Waals surface area contributed by atoms with Gasteiger partial charge in [0.05, 0.1) is 0 Å². The number of hydrogen-bond acceptors (Lipinski definition) is 6. The maximum Gasteiger partial charge on any atom is 0.308 e. The molecule has 36 heavy (non-hydrogen) atoms. The molecule has 0 aromatic carbocycles. The number of hydrogen-bond donors (Lipinski definition) is 0. The summed E-state index contributed by atoms with van der Waals surface area (Å²) in [7, 11) is 0. The first kappa shape index (κ1) is 26.6. The van der Waals surface area contributed by atoms with Crippen LogP contribution in [0, 0.1) is 33.5 Å². The van der Waals surface area contributed by atoms with Crippen molar-refractivity contribution >= 4 is 23.5 Å². The Bertz CT molecular complexity index is 1140. The molecule has 4 aliphatic carbocycles. The fourth-order valence-corrected chi connectivity index (χ4v) is 8.43. The molecule has 0 heterocycles. The van der Waals surface area contributed by atoms with Gasteiger partial charge in [-0.25, -0.2) is 0 Å². The van der Waals surface area contributed by atoms with E-state index in [-0.39, 0.29) is 29.2 Å². The Labute approximate surface area is 214 Å². The van der Waals surface area contributed by atoms with Gasteiger partial charge in [-0.05, 0) is 48.5 Å². The summed E-state index contributed by atoms with van der Waals surface area (Å²) in [5.41, 5.74) is -0.838. The van der Waals surface area contributed by atoms with E-state index in [4.69, 9.17) is 9.47 Å². The number of rotatable bonds is 4. The van der Waals surface area contributed by atoms with Crippen LogP contribution in [0.2, 0.25) is 0 Å². The van der Waals surface area contributed by atoms with Crippen LogP contribution >= 0.6 is 0 Å². The van der Waals surface area contributed by atoms with Crippen LogP contribution in [-0.2, 0) is 28.7 Å². The highest BCUT2D eigenvalue weighted by Crippen LogP contribution is 2.71. The van der Waals surface area contributed by atoms with Gasteiger partial charge in [0.1, 0.15) is 6.10 Å². The third kappa shape index (κ3) is 3.35. The van der Waals surface area contributed by atoms with Crippen molar-refractivity contribution in [3.8, 4) is 0 Å². The lowest BCUT2D eigenvalue weighted by Gasteiger charge is -2.58. The van der Waals surface area contributed by atoms with Crippen molar-refractivity contribution < 1.29 is 28.7 Å². The van der Waals surface area contributed by atoms with Crippen molar-refractivity contribution in [2.45, 2.75) is 93.6 Å².